The molecule has 0 spiro atoms. The summed E-state index contributed by atoms with van der Waals surface area (Å²) < 4.78 is 27.5. The number of para-hydroxylation sites is 1. The summed E-state index contributed by atoms with van der Waals surface area (Å²) in [6.07, 6.45) is 0.356. The van der Waals surface area contributed by atoms with E-state index in [0.29, 0.717) is 32.6 Å². The van der Waals surface area contributed by atoms with Crippen LogP contribution in [-0.4, -0.2) is 53.8 Å². The first-order valence-electron chi connectivity index (χ1n) is 9.68. The number of benzene rings is 2. The highest BCUT2D eigenvalue weighted by atomic mass is 19.1. The predicted molar refractivity (Wildman–Crippen MR) is 107 cm³/mol. The number of halogens is 2. The SMILES string of the molecule is Cc1ccccc1CC(=O)N1CCN(C(C)C(=O)Nc2c(F)cccc2F)CC1. The van der Waals surface area contributed by atoms with Crippen LogP contribution in [0.25, 0.3) is 0 Å². The molecule has 1 atom stereocenters. The van der Waals surface area contributed by atoms with E-state index in [2.05, 4.69) is 5.32 Å². The molecule has 1 unspecified atom stereocenters. The normalized spacial score (nSPS) is 15.8. The van der Waals surface area contributed by atoms with E-state index in [1.54, 1.807) is 11.8 Å². The van der Waals surface area contributed by atoms with Crippen LogP contribution in [0.2, 0.25) is 0 Å². The van der Waals surface area contributed by atoms with Gasteiger partial charge in [-0.2, -0.15) is 0 Å². The van der Waals surface area contributed by atoms with Crippen LogP contribution in [0.5, 0.6) is 0 Å². The summed E-state index contributed by atoms with van der Waals surface area (Å²) in [4.78, 5) is 28.7. The minimum Gasteiger partial charge on any atom is -0.340 e. The molecule has 2 amide bonds. The molecule has 29 heavy (non-hydrogen) atoms. The first-order valence-corrected chi connectivity index (χ1v) is 9.68. The fourth-order valence-electron chi connectivity index (χ4n) is 3.45. The van der Waals surface area contributed by atoms with Gasteiger partial charge in [0.25, 0.3) is 0 Å². The van der Waals surface area contributed by atoms with Gasteiger partial charge >= 0.3 is 0 Å². The molecular weight excluding hydrogens is 376 g/mol. The minimum atomic E-state index is -0.808. The molecule has 1 heterocycles. The fraction of sp³-hybridized carbons (Fsp3) is 0.364. The Morgan fingerprint density at radius 2 is 1.62 bits per heavy atom. The predicted octanol–water partition coefficient (Wildman–Crippen LogP) is 2.99. The van der Waals surface area contributed by atoms with Crippen LogP contribution in [-0.2, 0) is 16.0 Å². The fourth-order valence-corrected chi connectivity index (χ4v) is 3.45. The molecule has 2 aromatic rings. The Kier molecular flexibility index (Phi) is 6.59. The van der Waals surface area contributed by atoms with E-state index in [1.807, 2.05) is 36.1 Å². The van der Waals surface area contributed by atoms with Crippen molar-refractivity contribution in [2.24, 2.45) is 0 Å². The summed E-state index contributed by atoms with van der Waals surface area (Å²) in [5.74, 6) is -2.03. The van der Waals surface area contributed by atoms with Gasteiger partial charge in [-0.15, -0.1) is 0 Å². The number of nitrogens with zero attached hydrogens (tertiary/aromatic N) is 2. The summed E-state index contributed by atoms with van der Waals surface area (Å²) in [6.45, 7) is 5.74. The molecule has 5 nitrogen and oxygen atoms in total. The highest BCUT2D eigenvalue weighted by Gasteiger charge is 2.28. The number of carbonyl (C=O) groups excluding carboxylic acids is 2. The third-order valence-corrected chi connectivity index (χ3v) is 5.41. The number of piperazine rings is 1. The molecule has 1 fully saturated rings. The maximum Gasteiger partial charge on any atom is 0.241 e. The average Bonchev–Trinajstić information content (AvgIpc) is 2.72. The molecule has 1 N–H and O–H groups in total. The summed E-state index contributed by atoms with van der Waals surface area (Å²) in [7, 11) is 0. The molecule has 0 radical (unpaired) electrons. The van der Waals surface area contributed by atoms with Crippen LogP contribution < -0.4 is 5.32 Å². The topological polar surface area (TPSA) is 52.7 Å². The van der Waals surface area contributed by atoms with Gasteiger partial charge in [0.05, 0.1) is 12.5 Å². The van der Waals surface area contributed by atoms with Crippen molar-refractivity contribution in [3.63, 3.8) is 0 Å². The lowest BCUT2D eigenvalue weighted by Gasteiger charge is -2.37. The Bertz CT molecular complexity index is 875. The van der Waals surface area contributed by atoms with Gasteiger partial charge in [0.2, 0.25) is 11.8 Å². The number of aryl methyl sites for hydroxylation is 1. The lowest BCUT2D eigenvalue weighted by Crippen LogP contribution is -2.54. The molecule has 0 bridgehead atoms. The highest BCUT2D eigenvalue weighted by molar-refractivity contribution is 5.94. The Balaban J connectivity index is 1.54. The standard InChI is InChI=1S/C22H25F2N3O2/c1-15-6-3-4-7-17(15)14-20(28)27-12-10-26(11-13-27)16(2)22(29)25-21-18(23)8-5-9-19(21)24/h3-9,16H,10-14H2,1-2H3,(H,25,29). The summed E-state index contributed by atoms with van der Waals surface area (Å²) in [5, 5.41) is 2.34. The smallest absolute Gasteiger partial charge is 0.241 e. The van der Waals surface area contributed by atoms with Crippen LogP contribution in [0.4, 0.5) is 14.5 Å². The maximum atomic E-state index is 13.8. The van der Waals surface area contributed by atoms with Crippen LogP contribution in [0.15, 0.2) is 42.5 Å². The Morgan fingerprint density at radius 3 is 2.24 bits per heavy atom. The van der Waals surface area contributed by atoms with Gasteiger partial charge in [-0.25, -0.2) is 8.78 Å². The van der Waals surface area contributed by atoms with Crippen molar-refractivity contribution >= 4 is 17.5 Å². The quantitative estimate of drug-likeness (QED) is 0.838. The highest BCUT2D eigenvalue weighted by Crippen LogP contribution is 2.19. The second-order valence-electron chi connectivity index (χ2n) is 7.28. The molecule has 0 saturated carbocycles. The average molecular weight is 401 g/mol. The molecule has 0 aromatic heterocycles. The number of anilines is 1. The Labute approximate surface area is 169 Å². The van der Waals surface area contributed by atoms with E-state index < -0.39 is 29.3 Å². The van der Waals surface area contributed by atoms with Gasteiger partial charge in [-0.3, -0.25) is 14.5 Å². The van der Waals surface area contributed by atoms with Crippen molar-refractivity contribution in [2.75, 3.05) is 31.5 Å². The first-order chi connectivity index (χ1) is 13.9. The molecule has 1 saturated heterocycles. The van der Waals surface area contributed by atoms with E-state index in [9.17, 15) is 18.4 Å². The van der Waals surface area contributed by atoms with E-state index in [-0.39, 0.29) is 5.91 Å². The molecular formula is C22H25F2N3O2. The number of rotatable bonds is 5. The molecule has 1 aliphatic rings. The lowest BCUT2D eigenvalue weighted by atomic mass is 10.0. The van der Waals surface area contributed by atoms with Crippen molar-refractivity contribution in [3.8, 4) is 0 Å². The summed E-state index contributed by atoms with van der Waals surface area (Å²) in [6, 6.07) is 10.7. The lowest BCUT2D eigenvalue weighted by molar-refractivity contribution is -0.133. The summed E-state index contributed by atoms with van der Waals surface area (Å²) >= 11 is 0. The van der Waals surface area contributed by atoms with E-state index in [0.717, 1.165) is 23.3 Å². The van der Waals surface area contributed by atoms with Crippen LogP contribution in [0.3, 0.4) is 0 Å². The zero-order valence-electron chi connectivity index (χ0n) is 16.6. The van der Waals surface area contributed by atoms with Crippen LogP contribution in [0, 0.1) is 18.6 Å². The van der Waals surface area contributed by atoms with Crippen molar-refractivity contribution < 1.29 is 18.4 Å². The maximum absolute atomic E-state index is 13.8. The number of nitrogens with one attached hydrogen (secondary N) is 1. The van der Waals surface area contributed by atoms with Gasteiger partial charge < -0.3 is 10.2 Å². The number of hydrogen-bond acceptors (Lipinski definition) is 3. The Morgan fingerprint density at radius 1 is 1.00 bits per heavy atom. The zero-order valence-corrected chi connectivity index (χ0v) is 16.6. The molecule has 7 heteroatoms. The van der Waals surface area contributed by atoms with Gasteiger partial charge in [-0.05, 0) is 37.1 Å². The largest absolute Gasteiger partial charge is 0.340 e. The second kappa shape index (κ2) is 9.13. The van der Waals surface area contributed by atoms with E-state index >= 15 is 0 Å². The zero-order chi connectivity index (χ0) is 21.0. The minimum absolute atomic E-state index is 0.0597. The van der Waals surface area contributed by atoms with Crippen molar-refractivity contribution in [2.45, 2.75) is 26.3 Å². The third kappa shape index (κ3) is 4.98. The van der Waals surface area contributed by atoms with Crippen molar-refractivity contribution in [1.82, 2.24) is 9.80 Å². The molecule has 2 aromatic carbocycles. The van der Waals surface area contributed by atoms with E-state index in [4.69, 9.17) is 0 Å². The second-order valence-corrected chi connectivity index (χ2v) is 7.28. The third-order valence-electron chi connectivity index (χ3n) is 5.41. The monoisotopic (exact) mass is 401 g/mol. The molecule has 154 valence electrons. The number of hydrogen-bond donors (Lipinski definition) is 1. The van der Waals surface area contributed by atoms with Crippen LogP contribution >= 0.6 is 0 Å². The first kappa shape index (κ1) is 20.9. The van der Waals surface area contributed by atoms with Gasteiger partial charge in [0.1, 0.15) is 17.3 Å². The Hall–Kier alpha value is -2.80. The summed E-state index contributed by atoms with van der Waals surface area (Å²) in [5.41, 5.74) is 1.67. The molecule has 3 rings (SSSR count). The van der Waals surface area contributed by atoms with Crippen LogP contribution in [0.1, 0.15) is 18.1 Å². The van der Waals surface area contributed by atoms with Gasteiger partial charge in [0, 0.05) is 26.2 Å². The molecule has 0 aliphatic carbocycles. The molecule has 1 aliphatic heterocycles. The van der Waals surface area contributed by atoms with Gasteiger partial charge in [0.15, 0.2) is 0 Å². The van der Waals surface area contributed by atoms with Crippen molar-refractivity contribution in [1.29, 1.82) is 0 Å². The van der Waals surface area contributed by atoms with Crippen molar-refractivity contribution in [3.05, 3.63) is 65.2 Å². The number of amides is 2. The van der Waals surface area contributed by atoms with Gasteiger partial charge in [-0.1, -0.05) is 30.3 Å². The number of carbonyl (C=O) groups is 2. The van der Waals surface area contributed by atoms with E-state index in [1.165, 1.54) is 6.07 Å².